The summed E-state index contributed by atoms with van der Waals surface area (Å²) >= 11 is 0. The summed E-state index contributed by atoms with van der Waals surface area (Å²) in [6, 6.07) is -1.85. The molecule has 12 heteroatoms. The third-order valence-corrected chi connectivity index (χ3v) is 8.77. The molecule has 11 nitrogen and oxygen atoms in total. The van der Waals surface area contributed by atoms with Gasteiger partial charge in [0.2, 0.25) is 16.3 Å². The maximum Gasteiger partial charge on any atom is 0.346 e. The average Bonchev–Trinajstić information content (AvgIpc) is 3.16. The number of hydrogen-bond acceptors (Lipinski definition) is 7. The van der Waals surface area contributed by atoms with E-state index in [1.807, 2.05) is 0 Å². The van der Waals surface area contributed by atoms with Gasteiger partial charge in [-0.25, -0.2) is 13.2 Å². The molecule has 2 N–H and O–H groups in total. The standard InChI is InChI=1S/C16H36N.C12H20N4O6S/c1-5-9-13-17(14-10-6-2,15-11-7-3)16-12-8-4;17-11(14-8-3-5-13-6-4-8)10-2-1-9-7-15(10)12(18)16(9)22-23(19,20)21/h5-16H2,1-4H3;8-10,13H,1-7H2,(H,14,17)(H,19,20,21)/q+1;/p-1/t;9-,10+/m.1/s1. The second-order valence-corrected chi connectivity index (χ2v) is 12.6. The Balaban J connectivity index is 0.000000296. The number of piperidine rings is 2. The Morgan fingerprint density at radius 2 is 1.43 bits per heavy atom. The van der Waals surface area contributed by atoms with Gasteiger partial charge in [-0.05, 0) is 64.5 Å². The van der Waals surface area contributed by atoms with Gasteiger partial charge < -0.3 is 24.6 Å². The number of carbonyl (C=O) groups is 2. The van der Waals surface area contributed by atoms with Crippen LogP contribution in [0.4, 0.5) is 4.79 Å². The number of rotatable bonds is 16. The number of amides is 3. The van der Waals surface area contributed by atoms with Crippen LogP contribution in [0.25, 0.3) is 0 Å². The van der Waals surface area contributed by atoms with Crippen LogP contribution in [0.15, 0.2) is 0 Å². The smallest absolute Gasteiger partial charge is 0.346 e. The molecule has 234 valence electrons. The number of quaternary nitrogens is 1. The Bertz CT molecular complexity index is 830. The molecule has 3 fully saturated rings. The second-order valence-electron chi connectivity index (χ2n) is 11.7. The SMILES string of the molecule is CCCC[N+](CCCC)(CCCC)CCCC.O=C(NC1CCNCC1)[C@@H]1CC[C@@H]2CN1C(=O)N2OS(=O)(=O)[O-]. The first-order chi connectivity index (χ1) is 19.1. The largest absolute Gasteiger partial charge is 0.724 e. The van der Waals surface area contributed by atoms with Gasteiger partial charge in [0.1, 0.15) is 6.04 Å². The summed E-state index contributed by atoms with van der Waals surface area (Å²) in [6.07, 6.45) is 13.5. The summed E-state index contributed by atoms with van der Waals surface area (Å²) in [5, 5.41) is 6.73. The molecule has 3 aliphatic rings. The molecule has 0 spiro atoms. The van der Waals surface area contributed by atoms with Crippen molar-refractivity contribution in [2.75, 3.05) is 45.8 Å². The normalized spacial score (nSPS) is 21.8. The van der Waals surface area contributed by atoms with E-state index in [-0.39, 0.29) is 18.5 Å². The van der Waals surface area contributed by atoms with Gasteiger partial charge in [0.15, 0.2) is 0 Å². The van der Waals surface area contributed by atoms with Crippen molar-refractivity contribution >= 4 is 22.3 Å². The summed E-state index contributed by atoms with van der Waals surface area (Å²) in [4.78, 5) is 25.9. The molecule has 3 rings (SSSR count). The van der Waals surface area contributed by atoms with Crippen LogP contribution < -0.4 is 10.6 Å². The van der Waals surface area contributed by atoms with Gasteiger partial charge in [0.05, 0.1) is 32.2 Å². The first-order valence-corrected chi connectivity index (χ1v) is 17.0. The molecule has 3 heterocycles. The molecule has 2 atom stereocenters. The van der Waals surface area contributed by atoms with Crippen molar-refractivity contribution in [2.45, 2.75) is 123 Å². The van der Waals surface area contributed by atoms with Crippen LogP contribution in [0.1, 0.15) is 105 Å². The van der Waals surface area contributed by atoms with E-state index in [1.165, 1.54) is 86.9 Å². The lowest BCUT2D eigenvalue weighted by atomic mass is 9.99. The Hall–Kier alpha value is -1.47. The van der Waals surface area contributed by atoms with Crippen LogP contribution in [-0.4, -0.2) is 103 Å². The zero-order valence-electron chi connectivity index (χ0n) is 25.4. The van der Waals surface area contributed by atoms with Crippen LogP contribution in [0.5, 0.6) is 0 Å². The lowest BCUT2D eigenvalue weighted by Gasteiger charge is -2.39. The van der Waals surface area contributed by atoms with E-state index in [9.17, 15) is 22.6 Å². The van der Waals surface area contributed by atoms with Crippen molar-refractivity contribution in [2.24, 2.45) is 0 Å². The van der Waals surface area contributed by atoms with Gasteiger partial charge in [0.25, 0.3) is 0 Å². The summed E-state index contributed by atoms with van der Waals surface area (Å²) in [6.45, 7) is 16.9. The third-order valence-electron chi connectivity index (χ3n) is 8.43. The van der Waals surface area contributed by atoms with E-state index >= 15 is 0 Å². The molecule has 40 heavy (non-hydrogen) atoms. The van der Waals surface area contributed by atoms with Gasteiger partial charge in [-0.3, -0.25) is 4.79 Å². The lowest BCUT2D eigenvalue weighted by molar-refractivity contribution is -0.929. The van der Waals surface area contributed by atoms with Gasteiger partial charge >= 0.3 is 6.03 Å². The Labute approximate surface area is 242 Å². The second kappa shape index (κ2) is 17.5. The fraction of sp³-hybridized carbons (Fsp3) is 0.929. The maximum atomic E-state index is 12.4. The molecule has 0 aliphatic carbocycles. The van der Waals surface area contributed by atoms with E-state index in [0.717, 1.165) is 25.9 Å². The van der Waals surface area contributed by atoms with Crippen LogP contribution in [0, 0.1) is 0 Å². The van der Waals surface area contributed by atoms with Crippen LogP contribution >= 0.6 is 0 Å². The van der Waals surface area contributed by atoms with E-state index in [0.29, 0.717) is 17.9 Å². The molecule has 0 aromatic rings. The molecule has 2 bridgehead atoms. The quantitative estimate of drug-likeness (QED) is 0.160. The van der Waals surface area contributed by atoms with E-state index in [2.05, 4.69) is 42.6 Å². The fourth-order valence-electron chi connectivity index (χ4n) is 6.01. The predicted molar refractivity (Wildman–Crippen MR) is 155 cm³/mol. The zero-order valence-corrected chi connectivity index (χ0v) is 26.2. The minimum Gasteiger partial charge on any atom is -0.724 e. The fourth-order valence-corrected chi connectivity index (χ4v) is 6.39. The van der Waals surface area contributed by atoms with Crippen LogP contribution in [-0.2, 0) is 19.5 Å². The Kier molecular flexibility index (Phi) is 15.2. The molecule has 0 saturated carbocycles. The third kappa shape index (κ3) is 11.1. The van der Waals surface area contributed by atoms with Gasteiger partial charge in [-0.2, -0.15) is 9.35 Å². The molecular formula is C28H55N5O6S. The number of nitrogens with one attached hydrogen (secondary N) is 2. The molecule has 0 aromatic heterocycles. The van der Waals surface area contributed by atoms with Crippen molar-refractivity contribution in [1.29, 1.82) is 0 Å². The van der Waals surface area contributed by atoms with E-state index in [4.69, 9.17) is 0 Å². The number of unbranched alkanes of at least 4 members (excludes halogenated alkanes) is 4. The highest BCUT2D eigenvalue weighted by Gasteiger charge is 2.48. The number of fused-ring (bicyclic) bond motifs is 2. The van der Waals surface area contributed by atoms with Gasteiger partial charge in [-0.1, -0.05) is 53.4 Å². The first kappa shape index (κ1) is 34.7. The molecule has 3 amide bonds. The number of hydrogen-bond donors (Lipinski definition) is 2. The minimum atomic E-state index is -5.02. The van der Waals surface area contributed by atoms with E-state index < -0.39 is 28.5 Å². The number of carbonyl (C=O) groups excluding carboxylic acids is 2. The average molecular weight is 590 g/mol. The lowest BCUT2D eigenvalue weighted by Crippen LogP contribution is -2.53. The molecule has 0 aromatic carbocycles. The van der Waals surface area contributed by atoms with Crippen molar-refractivity contribution in [3.63, 3.8) is 0 Å². The van der Waals surface area contributed by atoms with E-state index in [1.54, 1.807) is 0 Å². The Morgan fingerprint density at radius 3 is 1.88 bits per heavy atom. The number of nitrogens with zero attached hydrogens (tertiary/aromatic N) is 3. The highest BCUT2D eigenvalue weighted by molar-refractivity contribution is 7.80. The highest BCUT2D eigenvalue weighted by atomic mass is 32.3. The zero-order chi connectivity index (χ0) is 29.6. The molecule has 3 saturated heterocycles. The summed E-state index contributed by atoms with van der Waals surface area (Å²) in [7, 11) is -5.02. The number of hydroxylamine groups is 2. The maximum absolute atomic E-state index is 12.4. The predicted octanol–water partition coefficient (Wildman–Crippen LogP) is 3.52. The summed E-state index contributed by atoms with van der Waals surface area (Å²) in [5.74, 6) is -0.240. The highest BCUT2D eigenvalue weighted by Crippen LogP contribution is 2.31. The van der Waals surface area contributed by atoms with Crippen molar-refractivity contribution < 1.29 is 31.3 Å². The van der Waals surface area contributed by atoms with Gasteiger partial charge in [0, 0.05) is 12.6 Å². The van der Waals surface area contributed by atoms with Crippen molar-refractivity contribution in [3.8, 4) is 0 Å². The van der Waals surface area contributed by atoms with Crippen molar-refractivity contribution in [1.82, 2.24) is 20.6 Å². The summed E-state index contributed by atoms with van der Waals surface area (Å²) < 4.78 is 37.8. The molecule has 0 radical (unpaired) electrons. The molecular weight excluding hydrogens is 534 g/mol. The molecule has 3 aliphatic heterocycles. The molecule has 0 unspecified atom stereocenters. The minimum absolute atomic E-state index is 0.0774. The monoisotopic (exact) mass is 589 g/mol. The first-order valence-electron chi connectivity index (χ1n) is 15.7. The Morgan fingerprint density at radius 1 is 0.925 bits per heavy atom. The summed E-state index contributed by atoms with van der Waals surface area (Å²) in [5.41, 5.74) is 0. The van der Waals surface area contributed by atoms with Gasteiger partial charge in [-0.15, -0.1) is 0 Å². The van der Waals surface area contributed by atoms with Crippen LogP contribution in [0.2, 0.25) is 0 Å². The van der Waals surface area contributed by atoms with Crippen LogP contribution in [0.3, 0.4) is 0 Å². The topological polar surface area (TPSA) is 131 Å². The number of urea groups is 1. The van der Waals surface area contributed by atoms with Crippen molar-refractivity contribution in [3.05, 3.63) is 0 Å².